The number of hydrogen-bond acceptors (Lipinski definition) is 4. The number of benzene rings is 1. The first kappa shape index (κ1) is 18.9. The molecule has 0 aromatic heterocycles. The Kier molecular flexibility index (Phi) is 5.67. The van der Waals surface area contributed by atoms with Crippen molar-refractivity contribution in [3.63, 3.8) is 0 Å². The van der Waals surface area contributed by atoms with Crippen LogP contribution in [0, 0.1) is 11.8 Å². The van der Waals surface area contributed by atoms with Crippen molar-refractivity contribution in [1.29, 1.82) is 0 Å². The minimum atomic E-state index is -3.43. The van der Waals surface area contributed by atoms with Gasteiger partial charge in [0, 0.05) is 17.1 Å². The fourth-order valence-electron chi connectivity index (χ4n) is 2.60. The van der Waals surface area contributed by atoms with Gasteiger partial charge >= 0.3 is 0 Å². The van der Waals surface area contributed by atoms with Crippen molar-refractivity contribution in [1.82, 2.24) is 10.0 Å². The minimum absolute atomic E-state index is 0.0330. The second-order valence-corrected chi connectivity index (χ2v) is 9.23. The molecule has 2 rings (SSSR count). The molecule has 1 aromatic carbocycles. The molecule has 6 nitrogen and oxygen atoms in total. The van der Waals surface area contributed by atoms with E-state index < -0.39 is 15.6 Å². The van der Waals surface area contributed by atoms with Crippen LogP contribution in [-0.2, 0) is 20.6 Å². The predicted molar refractivity (Wildman–Crippen MR) is 96.1 cm³/mol. The van der Waals surface area contributed by atoms with Gasteiger partial charge in [-0.1, -0.05) is 19.1 Å². The standard InChI is InChI=1S/C17H27N3O3S/c1-12(14-9-18-10-14)16(21)19-15-7-5-6-13(8-15)11-24(22,23)20-17(2,3)4/h5-8,12,14,18,20H,9-11H2,1-4H3,(H,19,21). The monoisotopic (exact) mass is 353 g/mol. The Bertz CT molecular complexity index is 691. The number of carbonyl (C=O) groups excluding carboxylic acids is 1. The molecule has 0 spiro atoms. The summed E-state index contributed by atoms with van der Waals surface area (Å²) >= 11 is 0. The van der Waals surface area contributed by atoms with Gasteiger partial charge in [0.25, 0.3) is 0 Å². The minimum Gasteiger partial charge on any atom is -0.326 e. The van der Waals surface area contributed by atoms with Gasteiger partial charge in [0.1, 0.15) is 0 Å². The maximum atomic E-state index is 12.3. The van der Waals surface area contributed by atoms with E-state index >= 15 is 0 Å². The van der Waals surface area contributed by atoms with E-state index in [1.807, 2.05) is 6.92 Å². The summed E-state index contributed by atoms with van der Waals surface area (Å²) in [5.41, 5.74) is 0.752. The summed E-state index contributed by atoms with van der Waals surface area (Å²) in [5, 5.41) is 6.04. The Hall–Kier alpha value is -1.44. The van der Waals surface area contributed by atoms with E-state index in [1.165, 1.54) is 0 Å². The Balaban J connectivity index is 2.02. The van der Waals surface area contributed by atoms with E-state index in [0.29, 0.717) is 17.2 Å². The van der Waals surface area contributed by atoms with Crippen LogP contribution < -0.4 is 15.4 Å². The molecule has 1 amide bonds. The lowest BCUT2D eigenvalue weighted by Crippen LogP contribution is -2.48. The topological polar surface area (TPSA) is 87.3 Å². The normalized spacial score (nSPS) is 17.2. The molecule has 1 atom stereocenters. The third-order valence-corrected chi connectivity index (χ3v) is 5.58. The summed E-state index contributed by atoms with van der Waals surface area (Å²) < 4.78 is 27.0. The molecule has 0 radical (unpaired) electrons. The summed E-state index contributed by atoms with van der Waals surface area (Å²) in [5.74, 6) is 0.149. The van der Waals surface area contributed by atoms with Crippen LogP contribution in [0.3, 0.4) is 0 Å². The molecule has 0 saturated carbocycles. The SMILES string of the molecule is CC(C(=O)Nc1cccc(CS(=O)(=O)NC(C)(C)C)c1)C1CNC1. The lowest BCUT2D eigenvalue weighted by molar-refractivity contribution is -0.121. The quantitative estimate of drug-likeness (QED) is 0.726. The highest BCUT2D eigenvalue weighted by Crippen LogP contribution is 2.19. The molecule has 1 aromatic rings. The Labute approximate surface area is 144 Å². The van der Waals surface area contributed by atoms with Crippen molar-refractivity contribution in [3.05, 3.63) is 29.8 Å². The molecule has 1 heterocycles. The third-order valence-electron chi connectivity index (χ3n) is 3.95. The zero-order valence-electron chi connectivity index (χ0n) is 14.7. The van der Waals surface area contributed by atoms with Gasteiger partial charge in [-0.25, -0.2) is 13.1 Å². The van der Waals surface area contributed by atoms with E-state index in [1.54, 1.807) is 45.0 Å². The van der Waals surface area contributed by atoms with Crippen LogP contribution in [0.5, 0.6) is 0 Å². The van der Waals surface area contributed by atoms with Gasteiger partial charge in [-0.05, 0) is 57.5 Å². The highest BCUT2D eigenvalue weighted by Gasteiger charge is 2.28. The van der Waals surface area contributed by atoms with E-state index in [4.69, 9.17) is 0 Å². The molecule has 0 bridgehead atoms. The van der Waals surface area contributed by atoms with Gasteiger partial charge in [-0.15, -0.1) is 0 Å². The van der Waals surface area contributed by atoms with Crippen LogP contribution in [0.25, 0.3) is 0 Å². The number of sulfonamides is 1. The van der Waals surface area contributed by atoms with Crippen LogP contribution in [0.15, 0.2) is 24.3 Å². The zero-order valence-corrected chi connectivity index (χ0v) is 15.5. The summed E-state index contributed by atoms with van der Waals surface area (Å²) in [6.07, 6.45) is 0. The van der Waals surface area contributed by atoms with Gasteiger partial charge in [-0.3, -0.25) is 4.79 Å². The van der Waals surface area contributed by atoms with Crippen molar-refractivity contribution < 1.29 is 13.2 Å². The number of nitrogens with one attached hydrogen (secondary N) is 3. The van der Waals surface area contributed by atoms with E-state index in [9.17, 15) is 13.2 Å². The first-order valence-corrected chi connectivity index (χ1v) is 9.83. The molecule has 3 N–H and O–H groups in total. The Morgan fingerprint density at radius 2 is 2.00 bits per heavy atom. The molecule has 1 unspecified atom stereocenters. The van der Waals surface area contributed by atoms with Gasteiger partial charge < -0.3 is 10.6 Å². The largest absolute Gasteiger partial charge is 0.326 e. The van der Waals surface area contributed by atoms with Gasteiger partial charge in [0.2, 0.25) is 15.9 Å². The van der Waals surface area contributed by atoms with Gasteiger partial charge in [-0.2, -0.15) is 0 Å². The van der Waals surface area contributed by atoms with Crippen LogP contribution in [-0.4, -0.2) is 33.0 Å². The van der Waals surface area contributed by atoms with Crippen molar-refractivity contribution in [3.8, 4) is 0 Å². The number of rotatable bonds is 6. The second kappa shape index (κ2) is 7.21. The average Bonchev–Trinajstić information content (AvgIpc) is 2.32. The number of amides is 1. The number of hydrogen-bond donors (Lipinski definition) is 3. The first-order valence-electron chi connectivity index (χ1n) is 8.18. The van der Waals surface area contributed by atoms with Crippen LogP contribution in [0.4, 0.5) is 5.69 Å². The highest BCUT2D eigenvalue weighted by molar-refractivity contribution is 7.88. The van der Waals surface area contributed by atoms with Gasteiger partial charge in [0.05, 0.1) is 5.75 Å². The predicted octanol–water partition coefficient (Wildman–Crippen LogP) is 1.70. The summed E-state index contributed by atoms with van der Waals surface area (Å²) in [4.78, 5) is 12.3. The fraction of sp³-hybridized carbons (Fsp3) is 0.588. The molecule has 24 heavy (non-hydrogen) atoms. The lowest BCUT2D eigenvalue weighted by Gasteiger charge is -2.31. The summed E-state index contributed by atoms with van der Waals surface area (Å²) in [7, 11) is -3.43. The molecule has 1 aliphatic rings. The number of carbonyl (C=O) groups is 1. The zero-order chi connectivity index (χ0) is 18.0. The molecule has 7 heteroatoms. The smallest absolute Gasteiger partial charge is 0.227 e. The second-order valence-electron chi connectivity index (χ2n) is 7.51. The fourth-order valence-corrected chi connectivity index (χ4v) is 4.22. The van der Waals surface area contributed by atoms with E-state index in [-0.39, 0.29) is 17.6 Å². The Morgan fingerprint density at radius 3 is 2.54 bits per heavy atom. The van der Waals surface area contributed by atoms with Crippen LogP contribution >= 0.6 is 0 Å². The van der Waals surface area contributed by atoms with Crippen molar-refractivity contribution >= 4 is 21.6 Å². The van der Waals surface area contributed by atoms with Crippen LogP contribution in [0.2, 0.25) is 0 Å². The Morgan fingerprint density at radius 1 is 1.33 bits per heavy atom. The number of anilines is 1. The molecule has 1 fully saturated rings. The average molecular weight is 353 g/mol. The van der Waals surface area contributed by atoms with Crippen molar-refractivity contribution in [2.45, 2.75) is 39.0 Å². The maximum Gasteiger partial charge on any atom is 0.227 e. The van der Waals surface area contributed by atoms with Crippen LogP contribution in [0.1, 0.15) is 33.3 Å². The highest BCUT2D eigenvalue weighted by atomic mass is 32.2. The molecule has 0 aliphatic carbocycles. The summed E-state index contributed by atoms with van der Waals surface area (Å²) in [6.45, 7) is 9.06. The maximum absolute atomic E-state index is 12.3. The third kappa shape index (κ3) is 5.58. The summed E-state index contributed by atoms with van der Waals surface area (Å²) in [6, 6.07) is 6.99. The van der Waals surface area contributed by atoms with E-state index in [0.717, 1.165) is 13.1 Å². The molecule has 1 saturated heterocycles. The molecular weight excluding hydrogens is 326 g/mol. The molecular formula is C17H27N3O3S. The van der Waals surface area contributed by atoms with Gasteiger partial charge in [0.15, 0.2) is 0 Å². The van der Waals surface area contributed by atoms with E-state index in [2.05, 4.69) is 15.4 Å². The molecule has 1 aliphatic heterocycles. The van der Waals surface area contributed by atoms with Crippen molar-refractivity contribution in [2.75, 3.05) is 18.4 Å². The lowest BCUT2D eigenvalue weighted by atomic mass is 9.88. The molecule has 134 valence electrons. The van der Waals surface area contributed by atoms with Crippen molar-refractivity contribution in [2.24, 2.45) is 11.8 Å². The first-order chi connectivity index (χ1) is 11.1.